The Morgan fingerprint density at radius 3 is 2.46 bits per heavy atom. The molecule has 142 valence electrons. The van der Waals surface area contributed by atoms with Gasteiger partial charge in [0.1, 0.15) is 0 Å². The molecule has 0 aliphatic rings. The van der Waals surface area contributed by atoms with Gasteiger partial charge in [-0.1, -0.05) is 72.6 Å². The third kappa shape index (κ3) is 5.72. The van der Waals surface area contributed by atoms with E-state index >= 15 is 0 Å². The van der Waals surface area contributed by atoms with Gasteiger partial charge in [-0.2, -0.15) is 0 Å². The molecular formula is C20H28N3O2S-. The van der Waals surface area contributed by atoms with Crippen molar-refractivity contribution in [2.75, 3.05) is 6.54 Å². The molecule has 0 heterocycles. The normalized spacial score (nSPS) is 16.0. The first kappa shape index (κ1) is 20.7. The van der Waals surface area contributed by atoms with Gasteiger partial charge in [0.25, 0.3) is 0 Å². The summed E-state index contributed by atoms with van der Waals surface area (Å²) in [6.45, 7) is 2.97. The van der Waals surface area contributed by atoms with Crippen LogP contribution in [0.4, 0.5) is 0 Å². The Morgan fingerprint density at radius 1 is 1.15 bits per heavy atom. The number of nitrogens with one attached hydrogen (secondary N) is 1. The minimum absolute atomic E-state index is 0.380. The van der Waals surface area contributed by atoms with Crippen molar-refractivity contribution in [1.29, 1.82) is 0 Å². The lowest BCUT2D eigenvalue weighted by Gasteiger charge is -2.34. The number of hydrogen-bond acceptors (Lipinski definition) is 5. The summed E-state index contributed by atoms with van der Waals surface area (Å²) in [4.78, 5) is 0. The highest BCUT2D eigenvalue weighted by Gasteiger charge is 2.29. The van der Waals surface area contributed by atoms with Gasteiger partial charge >= 0.3 is 0 Å². The fourth-order valence-electron chi connectivity index (χ4n) is 3.23. The number of hydrazine groups is 1. The van der Waals surface area contributed by atoms with Crippen LogP contribution in [0.25, 0.3) is 0 Å². The van der Waals surface area contributed by atoms with Crippen LogP contribution in [-0.4, -0.2) is 20.6 Å². The van der Waals surface area contributed by atoms with E-state index in [1.165, 1.54) is 0 Å². The zero-order valence-electron chi connectivity index (χ0n) is 15.2. The van der Waals surface area contributed by atoms with Gasteiger partial charge in [-0.15, -0.1) is 0 Å². The molecule has 6 heteroatoms. The lowest BCUT2D eigenvalue weighted by Crippen LogP contribution is -2.37. The van der Waals surface area contributed by atoms with Crippen molar-refractivity contribution in [3.63, 3.8) is 0 Å². The zero-order valence-corrected chi connectivity index (χ0v) is 16.0. The van der Waals surface area contributed by atoms with Crippen molar-refractivity contribution in [3.8, 4) is 0 Å². The average Bonchev–Trinajstić information content (AvgIpc) is 2.66. The minimum atomic E-state index is -2.15. The second-order valence-electron chi connectivity index (χ2n) is 6.96. The Kier molecular flexibility index (Phi) is 7.93. The predicted molar refractivity (Wildman–Crippen MR) is 106 cm³/mol. The van der Waals surface area contributed by atoms with Crippen molar-refractivity contribution >= 4 is 11.1 Å². The van der Waals surface area contributed by atoms with Crippen LogP contribution in [0.1, 0.15) is 36.5 Å². The quantitative estimate of drug-likeness (QED) is 0.336. The molecule has 0 amide bonds. The molecule has 5 nitrogen and oxygen atoms in total. The first-order chi connectivity index (χ1) is 12.5. The van der Waals surface area contributed by atoms with Crippen molar-refractivity contribution in [2.24, 2.45) is 11.6 Å². The molecule has 0 spiro atoms. The summed E-state index contributed by atoms with van der Waals surface area (Å²) in [7, 11) is 0. The molecule has 0 aliphatic carbocycles. The van der Waals surface area contributed by atoms with E-state index in [0.717, 1.165) is 23.1 Å². The van der Waals surface area contributed by atoms with E-state index in [0.29, 0.717) is 25.9 Å². The van der Waals surface area contributed by atoms with Crippen LogP contribution >= 0.6 is 0 Å². The number of benzene rings is 2. The molecule has 2 aromatic rings. The third-order valence-corrected chi connectivity index (χ3v) is 5.88. The molecule has 0 aliphatic heterocycles. The average molecular weight is 375 g/mol. The number of aryl methyl sites for hydroxylation is 1. The lowest BCUT2D eigenvalue weighted by molar-refractivity contribution is 0.410. The van der Waals surface area contributed by atoms with Gasteiger partial charge in [0.15, 0.2) is 0 Å². The predicted octanol–water partition coefficient (Wildman–Crippen LogP) is 2.14. The monoisotopic (exact) mass is 374 g/mol. The Labute approximate surface area is 158 Å². The summed E-state index contributed by atoms with van der Waals surface area (Å²) < 4.78 is 23.7. The summed E-state index contributed by atoms with van der Waals surface area (Å²) in [5.74, 6) is 5.41. The summed E-state index contributed by atoms with van der Waals surface area (Å²) in [6.07, 6.45) is 1.81. The molecule has 2 aromatic carbocycles. The lowest BCUT2D eigenvalue weighted by atomic mass is 9.77. The maximum Gasteiger partial charge on any atom is 0.0348 e. The van der Waals surface area contributed by atoms with Crippen LogP contribution in [0.3, 0.4) is 0 Å². The highest BCUT2D eigenvalue weighted by molar-refractivity contribution is 7.79. The number of rotatable bonds is 10. The highest BCUT2D eigenvalue weighted by Crippen LogP contribution is 2.31. The van der Waals surface area contributed by atoms with Crippen LogP contribution < -0.4 is 17.0 Å². The SMILES string of the molecule is C[C@](CN)(CC(CCc1ccccc1)S(=O)[O-])c1cccc(CNN)c1. The second kappa shape index (κ2) is 9.94. The van der Waals surface area contributed by atoms with Crippen LogP contribution in [0.15, 0.2) is 54.6 Å². The summed E-state index contributed by atoms with van der Waals surface area (Å²) >= 11 is -2.15. The van der Waals surface area contributed by atoms with Gasteiger partial charge in [0.2, 0.25) is 0 Å². The summed E-state index contributed by atoms with van der Waals surface area (Å²) in [5, 5.41) is -0.444. The fraction of sp³-hybridized carbons (Fsp3) is 0.400. The maximum absolute atomic E-state index is 11.8. The highest BCUT2D eigenvalue weighted by atomic mass is 32.2. The van der Waals surface area contributed by atoms with E-state index in [-0.39, 0.29) is 0 Å². The van der Waals surface area contributed by atoms with Crippen LogP contribution in [0, 0.1) is 0 Å². The van der Waals surface area contributed by atoms with Gasteiger partial charge in [-0.3, -0.25) is 15.5 Å². The van der Waals surface area contributed by atoms with Gasteiger partial charge < -0.3 is 10.3 Å². The third-order valence-electron chi connectivity index (χ3n) is 4.93. The molecule has 0 saturated heterocycles. The van der Waals surface area contributed by atoms with E-state index in [1.807, 2.05) is 55.5 Å². The van der Waals surface area contributed by atoms with E-state index in [9.17, 15) is 8.76 Å². The van der Waals surface area contributed by atoms with Crippen LogP contribution in [0.2, 0.25) is 0 Å². The van der Waals surface area contributed by atoms with Crippen molar-refractivity contribution < 1.29 is 8.76 Å². The Balaban J connectivity index is 2.15. The summed E-state index contributed by atoms with van der Waals surface area (Å²) in [5.41, 5.74) is 11.6. The fourth-order valence-corrected chi connectivity index (χ4v) is 4.05. The second-order valence-corrected chi connectivity index (χ2v) is 8.14. The van der Waals surface area contributed by atoms with Crippen molar-refractivity contribution in [1.82, 2.24) is 5.43 Å². The first-order valence-electron chi connectivity index (χ1n) is 8.83. The molecule has 0 fully saturated rings. The van der Waals surface area contributed by atoms with E-state index in [2.05, 4.69) is 11.5 Å². The van der Waals surface area contributed by atoms with Crippen molar-refractivity contribution in [3.05, 3.63) is 71.3 Å². The molecule has 0 radical (unpaired) electrons. The summed E-state index contributed by atoms with van der Waals surface area (Å²) in [6, 6.07) is 18.0. The number of hydrogen-bond donors (Lipinski definition) is 3. The molecular weight excluding hydrogens is 346 g/mol. The van der Waals surface area contributed by atoms with Crippen molar-refractivity contribution in [2.45, 2.75) is 43.4 Å². The van der Waals surface area contributed by atoms with Crippen LogP contribution in [-0.2, 0) is 29.5 Å². The number of nitrogens with two attached hydrogens (primary N) is 2. The molecule has 3 atom stereocenters. The largest absolute Gasteiger partial charge is 0.772 e. The molecule has 0 bridgehead atoms. The zero-order chi connectivity index (χ0) is 19.0. The molecule has 5 N–H and O–H groups in total. The molecule has 2 unspecified atom stereocenters. The van der Waals surface area contributed by atoms with E-state index < -0.39 is 21.7 Å². The standard InChI is InChI=1S/C20H29N3O2S/c1-20(15-21,18-9-5-8-17(12-18)14-23-22)13-19(26(24)25)11-10-16-6-3-2-4-7-16/h2-9,12,19,23H,10-11,13-15,21-22H2,1H3,(H,24,25)/p-1/t19?,20-/m1/s1. The van der Waals surface area contributed by atoms with Crippen LogP contribution in [0.5, 0.6) is 0 Å². The van der Waals surface area contributed by atoms with E-state index in [1.54, 1.807) is 0 Å². The first-order valence-corrected chi connectivity index (χ1v) is 9.97. The maximum atomic E-state index is 11.8. The van der Waals surface area contributed by atoms with Gasteiger partial charge in [-0.25, -0.2) is 0 Å². The smallest absolute Gasteiger partial charge is 0.0348 e. The van der Waals surface area contributed by atoms with Gasteiger partial charge in [0, 0.05) is 23.8 Å². The molecule has 26 heavy (non-hydrogen) atoms. The van der Waals surface area contributed by atoms with Gasteiger partial charge in [0.05, 0.1) is 0 Å². The Hall–Kier alpha value is -1.57. The Bertz CT molecular complexity index is 711. The van der Waals surface area contributed by atoms with Gasteiger partial charge in [-0.05, 0) is 36.0 Å². The Morgan fingerprint density at radius 2 is 1.85 bits per heavy atom. The molecule has 2 rings (SSSR count). The molecule has 0 aromatic heterocycles. The minimum Gasteiger partial charge on any atom is -0.772 e. The molecule has 0 saturated carbocycles. The topological polar surface area (TPSA) is 104 Å². The van der Waals surface area contributed by atoms with E-state index in [4.69, 9.17) is 11.6 Å².